The number of nitrogens with zero attached hydrogens (tertiary/aromatic N) is 2. The maximum atomic E-state index is 13.6. The van der Waals surface area contributed by atoms with Crippen molar-refractivity contribution < 1.29 is 18.0 Å². The summed E-state index contributed by atoms with van der Waals surface area (Å²) in [5, 5.41) is 3.14. The Labute approximate surface area is 179 Å². The minimum Gasteiger partial charge on any atom is -0.351 e. The second kappa shape index (κ2) is 9.06. The Morgan fingerprint density at radius 3 is 2.40 bits per heavy atom. The molecule has 7 nitrogen and oxygen atoms in total. The van der Waals surface area contributed by atoms with Crippen LogP contribution < -0.4 is 10.2 Å². The molecule has 30 heavy (non-hydrogen) atoms. The normalized spacial score (nSPS) is 24.5. The van der Waals surface area contributed by atoms with Gasteiger partial charge in [-0.1, -0.05) is 50.8 Å². The van der Waals surface area contributed by atoms with E-state index in [1.54, 1.807) is 6.92 Å². The number of piperazine rings is 1. The molecule has 1 atom stereocenters. The van der Waals surface area contributed by atoms with E-state index < -0.39 is 15.6 Å². The van der Waals surface area contributed by atoms with E-state index in [2.05, 4.69) is 5.32 Å². The summed E-state index contributed by atoms with van der Waals surface area (Å²) in [5.41, 5.74) is 0.305. The lowest BCUT2D eigenvalue weighted by Gasteiger charge is -2.47. The summed E-state index contributed by atoms with van der Waals surface area (Å²) in [7, 11) is -3.62. The third kappa shape index (κ3) is 4.70. The van der Waals surface area contributed by atoms with Gasteiger partial charge >= 0.3 is 0 Å². The molecule has 0 aromatic heterocycles. The van der Waals surface area contributed by atoms with Gasteiger partial charge in [-0.05, 0) is 37.8 Å². The molecule has 1 saturated carbocycles. The lowest BCUT2D eigenvalue weighted by Crippen LogP contribution is -2.70. The monoisotopic (exact) mass is 435 g/mol. The van der Waals surface area contributed by atoms with Gasteiger partial charge in [0.05, 0.1) is 12.8 Å². The van der Waals surface area contributed by atoms with Crippen LogP contribution in [-0.2, 0) is 26.0 Å². The van der Waals surface area contributed by atoms with Crippen LogP contribution in [0.2, 0.25) is 0 Å². The minimum atomic E-state index is -3.62. The minimum absolute atomic E-state index is 0.0591. The van der Waals surface area contributed by atoms with Gasteiger partial charge in [-0.15, -0.1) is 0 Å². The molecule has 166 valence electrons. The number of hydrogen-bond donors (Lipinski definition) is 1. The molecular weight excluding hydrogens is 402 g/mol. The van der Waals surface area contributed by atoms with Crippen molar-refractivity contribution in [2.75, 3.05) is 24.2 Å². The molecule has 2 amide bonds. The number of anilines is 1. The predicted octanol–water partition coefficient (Wildman–Crippen LogP) is 2.45. The van der Waals surface area contributed by atoms with E-state index in [1.165, 1.54) is 17.7 Å². The van der Waals surface area contributed by atoms with Crippen molar-refractivity contribution in [2.45, 2.75) is 70.4 Å². The molecule has 1 aromatic carbocycles. The Morgan fingerprint density at radius 2 is 1.80 bits per heavy atom. The van der Waals surface area contributed by atoms with Gasteiger partial charge in [0.15, 0.2) is 0 Å². The van der Waals surface area contributed by atoms with Gasteiger partial charge in [0.25, 0.3) is 0 Å². The van der Waals surface area contributed by atoms with E-state index in [9.17, 15) is 18.0 Å². The van der Waals surface area contributed by atoms with Crippen LogP contribution in [0.1, 0.15) is 57.9 Å². The first-order chi connectivity index (χ1) is 14.2. The van der Waals surface area contributed by atoms with Crippen LogP contribution in [0.15, 0.2) is 24.3 Å². The molecule has 0 unspecified atom stereocenters. The highest BCUT2D eigenvalue weighted by atomic mass is 32.2. The van der Waals surface area contributed by atoms with Gasteiger partial charge in [-0.3, -0.25) is 14.5 Å². The van der Waals surface area contributed by atoms with Gasteiger partial charge in [0, 0.05) is 18.3 Å². The first kappa shape index (κ1) is 22.7. The topological polar surface area (TPSA) is 86.8 Å². The van der Waals surface area contributed by atoms with Gasteiger partial charge in [0.2, 0.25) is 21.8 Å². The summed E-state index contributed by atoms with van der Waals surface area (Å²) < 4.78 is 25.7. The van der Waals surface area contributed by atoms with Crippen LogP contribution >= 0.6 is 0 Å². The van der Waals surface area contributed by atoms with Gasteiger partial charge in [0.1, 0.15) is 5.54 Å². The number of carbonyl (C=O) groups excluding carboxylic acids is 2. The van der Waals surface area contributed by atoms with Crippen molar-refractivity contribution in [3.8, 4) is 0 Å². The molecule has 2 aliphatic rings. The standard InChI is InChI=1S/C22H33N3O4S/c1-4-17-11-9-10-14-19(17)25-20(26)15-24(30(3,28)29)16-22(25,2)21(27)23-18-12-7-5-6-8-13-18/h9-11,14,18H,4-8,12-13,15-16H2,1-3H3,(H,23,27)/t22-/m0/s1. The fourth-order valence-electron chi connectivity index (χ4n) is 4.57. The zero-order valence-corrected chi connectivity index (χ0v) is 19.0. The second-order valence-electron chi connectivity index (χ2n) is 8.68. The highest BCUT2D eigenvalue weighted by Gasteiger charge is 2.51. The first-order valence-electron chi connectivity index (χ1n) is 10.8. The number of benzene rings is 1. The molecular formula is C22H33N3O4S. The van der Waals surface area contributed by atoms with Crippen molar-refractivity contribution in [3.63, 3.8) is 0 Å². The molecule has 2 fully saturated rings. The van der Waals surface area contributed by atoms with Crippen molar-refractivity contribution in [2.24, 2.45) is 0 Å². The van der Waals surface area contributed by atoms with E-state index in [-0.39, 0.29) is 30.9 Å². The SMILES string of the molecule is CCc1ccccc1N1C(=O)CN(S(C)(=O)=O)C[C@@]1(C)C(=O)NC1CCCCCC1. The number of carbonyl (C=O) groups is 2. The molecule has 0 spiro atoms. The van der Waals surface area contributed by atoms with Gasteiger partial charge < -0.3 is 5.32 Å². The molecule has 1 saturated heterocycles. The van der Waals surface area contributed by atoms with Gasteiger partial charge in [-0.25, -0.2) is 8.42 Å². The average Bonchev–Trinajstić information content (AvgIpc) is 2.95. The third-order valence-electron chi connectivity index (χ3n) is 6.30. The lowest BCUT2D eigenvalue weighted by atomic mass is 9.92. The number of amides is 2. The molecule has 1 heterocycles. The average molecular weight is 436 g/mol. The van der Waals surface area contributed by atoms with Crippen molar-refractivity contribution in [1.82, 2.24) is 9.62 Å². The number of para-hydroxylation sites is 1. The van der Waals surface area contributed by atoms with Crippen LogP contribution in [0.5, 0.6) is 0 Å². The fourth-order valence-corrected chi connectivity index (χ4v) is 5.40. The zero-order chi connectivity index (χ0) is 21.9. The Morgan fingerprint density at radius 1 is 1.17 bits per heavy atom. The highest BCUT2D eigenvalue weighted by molar-refractivity contribution is 7.88. The van der Waals surface area contributed by atoms with Crippen molar-refractivity contribution in [1.29, 1.82) is 0 Å². The highest BCUT2D eigenvalue weighted by Crippen LogP contribution is 2.33. The van der Waals surface area contributed by atoms with Crippen LogP contribution in [0.25, 0.3) is 0 Å². The maximum absolute atomic E-state index is 13.6. The molecule has 1 aliphatic heterocycles. The van der Waals surface area contributed by atoms with Crippen LogP contribution in [-0.4, -0.2) is 55.5 Å². The summed E-state index contributed by atoms with van der Waals surface area (Å²) >= 11 is 0. The molecule has 3 rings (SSSR count). The molecule has 1 aromatic rings. The Kier molecular flexibility index (Phi) is 6.87. The van der Waals surface area contributed by atoms with E-state index in [4.69, 9.17) is 0 Å². The van der Waals surface area contributed by atoms with Crippen LogP contribution in [0, 0.1) is 0 Å². The lowest BCUT2D eigenvalue weighted by molar-refractivity contribution is -0.133. The van der Waals surface area contributed by atoms with Crippen LogP contribution in [0.4, 0.5) is 5.69 Å². The number of hydrogen-bond acceptors (Lipinski definition) is 4. The predicted molar refractivity (Wildman–Crippen MR) is 118 cm³/mol. The van der Waals surface area contributed by atoms with E-state index in [1.807, 2.05) is 31.2 Å². The molecule has 0 radical (unpaired) electrons. The van der Waals surface area contributed by atoms with E-state index in [0.29, 0.717) is 12.1 Å². The van der Waals surface area contributed by atoms with Crippen LogP contribution in [0.3, 0.4) is 0 Å². The second-order valence-corrected chi connectivity index (χ2v) is 10.7. The quantitative estimate of drug-likeness (QED) is 0.720. The summed E-state index contributed by atoms with van der Waals surface area (Å²) in [6.07, 6.45) is 8.08. The molecule has 0 bridgehead atoms. The summed E-state index contributed by atoms with van der Waals surface area (Å²) in [6, 6.07) is 7.58. The molecule has 8 heteroatoms. The third-order valence-corrected chi connectivity index (χ3v) is 7.50. The Hall–Kier alpha value is -1.93. The number of sulfonamides is 1. The largest absolute Gasteiger partial charge is 0.351 e. The van der Waals surface area contributed by atoms with Crippen molar-refractivity contribution in [3.05, 3.63) is 29.8 Å². The van der Waals surface area contributed by atoms with E-state index in [0.717, 1.165) is 41.8 Å². The Bertz CT molecular complexity index is 893. The fraction of sp³-hybridized carbons (Fsp3) is 0.636. The summed E-state index contributed by atoms with van der Waals surface area (Å²) in [5.74, 6) is -0.673. The summed E-state index contributed by atoms with van der Waals surface area (Å²) in [4.78, 5) is 28.3. The zero-order valence-electron chi connectivity index (χ0n) is 18.2. The maximum Gasteiger partial charge on any atom is 0.247 e. The smallest absolute Gasteiger partial charge is 0.247 e. The van der Waals surface area contributed by atoms with Gasteiger partial charge in [-0.2, -0.15) is 4.31 Å². The van der Waals surface area contributed by atoms with Crippen molar-refractivity contribution >= 4 is 27.5 Å². The number of rotatable bonds is 5. The Balaban J connectivity index is 2.00. The van der Waals surface area contributed by atoms with E-state index >= 15 is 0 Å². The molecule has 1 N–H and O–H groups in total. The number of nitrogens with one attached hydrogen (secondary N) is 1. The first-order valence-corrected chi connectivity index (χ1v) is 12.7. The molecule has 1 aliphatic carbocycles. The number of aryl methyl sites for hydroxylation is 1. The summed E-state index contributed by atoms with van der Waals surface area (Å²) in [6.45, 7) is 3.36.